The van der Waals surface area contributed by atoms with Gasteiger partial charge in [0, 0.05) is 37.2 Å². The van der Waals surface area contributed by atoms with Gasteiger partial charge >= 0.3 is 6.01 Å². The molecule has 8 nitrogen and oxygen atoms in total. The Morgan fingerprint density at radius 3 is 2.75 bits per heavy atom. The highest BCUT2D eigenvalue weighted by Gasteiger charge is 2.49. The summed E-state index contributed by atoms with van der Waals surface area (Å²) in [5, 5.41) is 3.31. The van der Waals surface area contributed by atoms with E-state index in [0.29, 0.717) is 18.5 Å². The van der Waals surface area contributed by atoms with Crippen molar-refractivity contribution in [2.45, 2.75) is 43.2 Å². The second kappa shape index (κ2) is 9.67. The first-order chi connectivity index (χ1) is 19.3. The minimum absolute atomic E-state index is 0.0143. The Bertz CT molecular complexity index is 1620. The third-order valence-corrected chi connectivity index (χ3v) is 9.03. The van der Waals surface area contributed by atoms with E-state index in [0.717, 1.165) is 30.7 Å². The van der Waals surface area contributed by atoms with Crippen LogP contribution in [0.5, 0.6) is 11.9 Å². The number of ether oxygens (including phenoxy) is 2. The van der Waals surface area contributed by atoms with Crippen LogP contribution >= 0.6 is 11.3 Å². The summed E-state index contributed by atoms with van der Waals surface area (Å²) >= 11 is 0.977. The zero-order valence-electron chi connectivity index (χ0n) is 21.3. The highest BCUT2D eigenvalue weighted by Crippen LogP contribution is 2.41. The van der Waals surface area contributed by atoms with Crippen LogP contribution in [-0.2, 0) is 0 Å². The second-order valence-corrected chi connectivity index (χ2v) is 11.7. The van der Waals surface area contributed by atoms with Crippen LogP contribution in [0.15, 0.2) is 24.3 Å². The Hall–Kier alpha value is -3.29. The molecule has 2 aromatic carbocycles. The Morgan fingerprint density at radius 1 is 1.07 bits per heavy atom. The quantitative estimate of drug-likeness (QED) is 0.327. The molecule has 4 atom stereocenters. The van der Waals surface area contributed by atoms with E-state index in [9.17, 15) is 13.2 Å². The van der Waals surface area contributed by atoms with Crippen molar-refractivity contribution in [2.75, 3.05) is 38.5 Å². The molecular weight excluding hydrogens is 548 g/mol. The van der Waals surface area contributed by atoms with Gasteiger partial charge in [0.1, 0.15) is 30.2 Å². The summed E-state index contributed by atoms with van der Waals surface area (Å²) in [6, 6.07) is 5.62. The van der Waals surface area contributed by atoms with Crippen LogP contribution in [0.3, 0.4) is 0 Å². The number of thiazole rings is 1. The zero-order valence-corrected chi connectivity index (χ0v) is 22.1. The molecule has 210 valence electrons. The van der Waals surface area contributed by atoms with Gasteiger partial charge in [0.25, 0.3) is 0 Å². The maximum absolute atomic E-state index is 16.3. The fraction of sp³-hybridized carbons (Fsp3) is 0.444. The summed E-state index contributed by atoms with van der Waals surface area (Å²) in [7, 11) is 0. The molecule has 5 heterocycles. The zero-order chi connectivity index (χ0) is 27.6. The predicted molar refractivity (Wildman–Crippen MR) is 143 cm³/mol. The molecule has 0 amide bonds. The smallest absolute Gasteiger partial charge is 0.320 e. The van der Waals surface area contributed by atoms with E-state index in [1.54, 1.807) is 6.07 Å². The van der Waals surface area contributed by atoms with Crippen LogP contribution in [0.2, 0.25) is 0 Å². The molecule has 7 rings (SSSR count). The lowest BCUT2D eigenvalue weighted by Crippen LogP contribution is -2.43. The van der Waals surface area contributed by atoms with Crippen molar-refractivity contribution in [3.05, 3.63) is 35.9 Å². The Morgan fingerprint density at radius 2 is 1.93 bits per heavy atom. The fourth-order valence-corrected chi connectivity index (χ4v) is 6.98. The average Bonchev–Trinajstić information content (AvgIpc) is 3.68. The molecule has 0 saturated carbocycles. The molecule has 13 heteroatoms. The average molecular weight is 575 g/mol. The second-order valence-electron chi connectivity index (χ2n) is 10.7. The predicted octanol–water partition coefficient (Wildman–Crippen LogP) is 4.41. The number of halogens is 4. The van der Waals surface area contributed by atoms with Gasteiger partial charge in [0.15, 0.2) is 17.1 Å². The molecule has 40 heavy (non-hydrogen) atoms. The molecule has 0 radical (unpaired) electrons. The maximum atomic E-state index is 16.3. The molecule has 0 aliphatic carbocycles. The molecule has 3 aliphatic heterocycles. The number of rotatable bonds is 6. The number of hydrogen-bond donors (Lipinski definition) is 2. The normalized spacial score (nSPS) is 26.6. The molecule has 0 bridgehead atoms. The summed E-state index contributed by atoms with van der Waals surface area (Å²) < 4.78 is 71.5. The first kappa shape index (κ1) is 25.7. The van der Waals surface area contributed by atoms with E-state index in [-0.39, 0.29) is 63.4 Å². The van der Waals surface area contributed by atoms with E-state index in [1.165, 1.54) is 18.2 Å². The Balaban J connectivity index is 1.32. The van der Waals surface area contributed by atoms with Gasteiger partial charge < -0.3 is 20.5 Å². The highest BCUT2D eigenvalue weighted by molar-refractivity contribution is 7.22. The lowest BCUT2D eigenvalue weighted by molar-refractivity contribution is 0.104. The number of nitrogens with zero attached hydrogens (tertiary/aromatic N) is 4. The lowest BCUT2D eigenvalue weighted by Gasteiger charge is -2.30. The molecule has 3 saturated heterocycles. The van der Waals surface area contributed by atoms with Crippen molar-refractivity contribution in [3.63, 3.8) is 0 Å². The summed E-state index contributed by atoms with van der Waals surface area (Å²) in [5.74, 6) is -1.24. The molecule has 2 aromatic heterocycles. The molecule has 3 fully saturated rings. The standard InChI is InChI=1S/C27H26F4N6O2S/c28-13-8-27(6-1-7-37(27)11-13)12-38-26-35-21-16(24(36-26)39-19-10-33-9-18(19)30)3-2-14(20(21)31)15-4-5-17(29)23-22(15)34-25(32)40-23/h2-5,13,18-19,33H,1,6-12H2,(H2,32,34). The maximum Gasteiger partial charge on any atom is 0.320 e. The minimum Gasteiger partial charge on any atom is -0.469 e. The number of fused-ring (bicyclic) bond motifs is 3. The first-order valence-corrected chi connectivity index (χ1v) is 14.0. The number of nitrogen functional groups attached to an aromatic ring is 1. The van der Waals surface area contributed by atoms with E-state index in [1.807, 2.05) is 0 Å². The van der Waals surface area contributed by atoms with Gasteiger partial charge in [-0.2, -0.15) is 9.97 Å². The number of nitrogens with one attached hydrogen (secondary N) is 1. The summed E-state index contributed by atoms with van der Waals surface area (Å²) in [4.78, 5) is 15.1. The number of anilines is 1. The fourth-order valence-electron chi connectivity index (χ4n) is 6.22. The number of nitrogens with two attached hydrogens (primary N) is 1. The lowest BCUT2D eigenvalue weighted by atomic mass is 9.95. The molecule has 3 N–H and O–H groups in total. The van der Waals surface area contributed by atoms with Gasteiger partial charge in [-0.05, 0) is 37.6 Å². The van der Waals surface area contributed by atoms with Crippen molar-refractivity contribution in [1.82, 2.24) is 25.2 Å². The topological polar surface area (TPSA) is 98.4 Å². The van der Waals surface area contributed by atoms with Crippen molar-refractivity contribution in [2.24, 2.45) is 0 Å². The van der Waals surface area contributed by atoms with Crippen LogP contribution in [0.25, 0.3) is 32.2 Å². The number of benzene rings is 2. The molecular formula is C27H26F4N6O2S. The van der Waals surface area contributed by atoms with Gasteiger partial charge in [-0.15, -0.1) is 0 Å². The number of hydrogen-bond acceptors (Lipinski definition) is 9. The summed E-state index contributed by atoms with van der Waals surface area (Å²) in [5.41, 5.74) is 5.96. The van der Waals surface area contributed by atoms with Gasteiger partial charge in [-0.1, -0.05) is 17.4 Å². The SMILES string of the molecule is Nc1nc2c(-c3ccc4c(OC5CNCC5F)nc(OCC56CCCN5CC(F)C6)nc4c3F)ccc(F)c2s1. The monoisotopic (exact) mass is 574 g/mol. The Kier molecular flexibility index (Phi) is 6.20. The van der Waals surface area contributed by atoms with Crippen molar-refractivity contribution in [1.29, 1.82) is 0 Å². The Labute approximate surface area is 230 Å². The van der Waals surface area contributed by atoms with Gasteiger partial charge in [-0.3, -0.25) is 4.90 Å². The molecule has 3 aliphatic rings. The van der Waals surface area contributed by atoms with Gasteiger partial charge in [-0.25, -0.2) is 22.5 Å². The van der Waals surface area contributed by atoms with Crippen molar-refractivity contribution in [3.8, 4) is 23.0 Å². The van der Waals surface area contributed by atoms with Gasteiger partial charge in [0.05, 0.1) is 21.1 Å². The van der Waals surface area contributed by atoms with E-state index in [4.69, 9.17) is 15.2 Å². The summed E-state index contributed by atoms with van der Waals surface area (Å²) in [6.07, 6.45) is -0.986. The van der Waals surface area contributed by atoms with Crippen LogP contribution in [0.1, 0.15) is 19.3 Å². The van der Waals surface area contributed by atoms with Gasteiger partial charge in [0.2, 0.25) is 5.88 Å². The largest absolute Gasteiger partial charge is 0.469 e. The molecule has 4 unspecified atom stereocenters. The van der Waals surface area contributed by atoms with Crippen molar-refractivity contribution < 1.29 is 27.0 Å². The third-order valence-electron chi connectivity index (χ3n) is 8.14. The van der Waals surface area contributed by atoms with E-state index >= 15 is 4.39 Å². The van der Waals surface area contributed by atoms with Crippen LogP contribution < -0.4 is 20.5 Å². The van der Waals surface area contributed by atoms with Crippen LogP contribution in [0.4, 0.5) is 22.7 Å². The van der Waals surface area contributed by atoms with E-state index < -0.39 is 35.6 Å². The third kappa shape index (κ3) is 4.22. The molecule has 4 aromatic rings. The van der Waals surface area contributed by atoms with Crippen LogP contribution in [0, 0.1) is 11.6 Å². The van der Waals surface area contributed by atoms with Crippen molar-refractivity contribution >= 4 is 37.6 Å². The van der Waals surface area contributed by atoms with Crippen LogP contribution in [-0.4, -0.2) is 76.6 Å². The highest BCUT2D eigenvalue weighted by atomic mass is 32.1. The van der Waals surface area contributed by atoms with E-state index in [2.05, 4.69) is 25.2 Å². The summed E-state index contributed by atoms with van der Waals surface area (Å²) in [6.45, 7) is 1.67. The number of aromatic nitrogens is 3. The number of alkyl halides is 2. The molecule has 0 spiro atoms. The minimum atomic E-state index is -1.27. The first-order valence-electron chi connectivity index (χ1n) is 13.2.